The van der Waals surface area contributed by atoms with Gasteiger partial charge in [0.15, 0.2) is 13.4 Å². The second-order valence-electron chi connectivity index (χ2n) is 5.48. The van der Waals surface area contributed by atoms with Gasteiger partial charge in [-0.05, 0) is 24.2 Å². The predicted molar refractivity (Wildman–Crippen MR) is 102 cm³/mol. The maximum Gasteiger partial charge on any atom is 0.324 e. The summed E-state index contributed by atoms with van der Waals surface area (Å²) in [7, 11) is -5.37. The minimum atomic E-state index is -2.84. The summed E-state index contributed by atoms with van der Waals surface area (Å²) in [5.41, 5.74) is 0. The molecule has 5 nitrogen and oxygen atoms in total. The van der Waals surface area contributed by atoms with Crippen molar-refractivity contribution in [3.05, 3.63) is 63.3 Å². The lowest BCUT2D eigenvalue weighted by molar-refractivity contribution is -0.151. The quantitative estimate of drug-likeness (QED) is 0.279. The van der Waals surface area contributed by atoms with E-state index in [1.165, 1.54) is 6.08 Å². The highest BCUT2D eigenvalue weighted by Crippen LogP contribution is 2.39. The predicted octanol–water partition coefficient (Wildman–Crippen LogP) is 3.51. The number of hydrogen-bond acceptors (Lipinski definition) is 3. The first-order valence-corrected chi connectivity index (χ1v) is 11.9. The van der Waals surface area contributed by atoms with Crippen molar-refractivity contribution < 1.29 is 23.9 Å². The third-order valence-electron chi connectivity index (χ3n) is 3.86. The number of allylic oxidation sites excluding steroid dienone is 4. The van der Waals surface area contributed by atoms with Crippen LogP contribution in [0.15, 0.2) is 63.3 Å². The van der Waals surface area contributed by atoms with E-state index >= 15 is 0 Å². The van der Waals surface area contributed by atoms with E-state index in [1.807, 2.05) is 0 Å². The molecule has 0 heterocycles. The summed E-state index contributed by atoms with van der Waals surface area (Å²) in [5, 5.41) is 17.1. The van der Waals surface area contributed by atoms with Crippen molar-refractivity contribution in [2.45, 2.75) is 29.2 Å². The van der Waals surface area contributed by atoms with Crippen LogP contribution >= 0.6 is 0 Å². The highest BCUT2D eigenvalue weighted by Gasteiger charge is 2.54. The summed E-state index contributed by atoms with van der Waals surface area (Å²) < 4.78 is 6.34. The zero-order chi connectivity index (χ0) is 18.8. The molecule has 0 fully saturated rings. The number of carboxylic acid groups (broad SMARTS) is 2. The Balaban J connectivity index is 6.13. The maximum atomic E-state index is 11.8. The van der Waals surface area contributed by atoms with Gasteiger partial charge in [0.1, 0.15) is 0 Å². The van der Waals surface area contributed by atoms with Crippen LogP contribution in [-0.2, 0) is 13.7 Å². The van der Waals surface area contributed by atoms with Crippen LogP contribution in [0.4, 0.5) is 0 Å². The summed E-state index contributed by atoms with van der Waals surface area (Å²) in [4.78, 5) is 23.6. The summed E-state index contributed by atoms with van der Waals surface area (Å²) in [6.45, 7) is 18.3. The molecule has 1 atom stereocenters. The largest absolute Gasteiger partial charge is 0.480 e. The summed E-state index contributed by atoms with van der Waals surface area (Å²) in [6.07, 6.45) is 7.64. The van der Waals surface area contributed by atoms with Gasteiger partial charge in [-0.1, -0.05) is 30.4 Å². The summed E-state index contributed by atoms with van der Waals surface area (Å²) >= 11 is 0. The number of hydrogen-bond donors (Lipinski definition) is 2. The molecule has 0 amide bonds. The van der Waals surface area contributed by atoms with Crippen LogP contribution < -0.4 is 0 Å². The molecule has 0 aromatic carbocycles. The van der Waals surface area contributed by atoms with E-state index in [9.17, 15) is 19.8 Å². The Morgan fingerprint density at radius 1 is 0.917 bits per heavy atom. The molecule has 7 heteroatoms. The Hall–Kier alpha value is -1.97. The van der Waals surface area contributed by atoms with E-state index < -0.39 is 34.3 Å². The molecule has 0 aromatic rings. The fourth-order valence-corrected chi connectivity index (χ4v) is 10.9. The lowest BCUT2D eigenvalue weighted by Gasteiger charge is -2.38. The van der Waals surface area contributed by atoms with E-state index in [0.717, 1.165) is 6.08 Å². The Kier molecular flexibility index (Phi) is 9.19. The number of rotatable bonds is 14. The van der Waals surface area contributed by atoms with E-state index in [4.69, 9.17) is 4.12 Å². The minimum Gasteiger partial charge on any atom is -0.480 e. The number of carbonyl (C=O) groups is 2. The Bertz CT molecular complexity index is 487. The molecule has 0 aromatic heterocycles. The minimum absolute atomic E-state index is 0.199. The summed E-state index contributed by atoms with van der Waals surface area (Å²) in [6, 6.07) is 1.86. The Morgan fingerprint density at radius 3 is 1.58 bits per heavy atom. The highest BCUT2D eigenvalue weighted by molar-refractivity contribution is 6.84. The van der Waals surface area contributed by atoms with Gasteiger partial charge in [0.05, 0.1) is 0 Å². The van der Waals surface area contributed by atoms with Gasteiger partial charge < -0.3 is 14.3 Å². The standard InChI is InChI=1S/C17H26O5Si2/c1-6-11-23(17(10-5,15(18)19)16(20)21)22-24(12-7-2,13-8-3)14-9-4/h6-10,23H,1-5,11-14H2,(H,18,19)(H,20,21). The third-order valence-corrected chi connectivity index (χ3v) is 12.6. The molecule has 132 valence electrons. The number of carboxylic acids is 2. The molecule has 0 saturated carbocycles. The fourth-order valence-electron chi connectivity index (χ4n) is 2.64. The zero-order valence-electron chi connectivity index (χ0n) is 13.9. The topological polar surface area (TPSA) is 83.8 Å². The SMILES string of the molecule is C=CC[SiH](O[Si](CC=C)(CC=C)CC=C)C(C=C)(C(=O)O)C(=O)O. The normalized spacial score (nSPS) is 12.7. The molecular formula is C17H26O5Si2. The van der Waals surface area contributed by atoms with Gasteiger partial charge in [-0.3, -0.25) is 9.59 Å². The smallest absolute Gasteiger partial charge is 0.324 e. The van der Waals surface area contributed by atoms with Crippen LogP contribution in [0, 0.1) is 0 Å². The van der Waals surface area contributed by atoms with E-state index in [-0.39, 0.29) is 6.04 Å². The fraction of sp³-hybridized carbons (Fsp3) is 0.294. The van der Waals surface area contributed by atoms with Crippen molar-refractivity contribution in [2.24, 2.45) is 0 Å². The van der Waals surface area contributed by atoms with Crippen LogP contribution in [0.1, 0.15) is 0 Å². The van der Waals surface area contributed by atoms with E-state index in [2.05, 4.69) is 32.9 Å². The van der Waals surface area contributed by atoms with Gasteiger partial charge in [0.25, 0.3) is 0 Å². The second-order valence-corrected chi connectivity index (χ2v) is 12.4. The second kappa shape index (κ2) is 10.0. The first-order valence-electron chi connectivity index (χ1n) is 7.52. The van der Waals surface area contributed by atoms with E-state index in [1.54, 1.807) is 18.2 Å². The Labute approximate surface area is 146 Å². The van der Waals surface area contributed by atoms with Crippen LogP contribution in [0.3, 0.4) is 0 Å². The molecule has 2 N–H and O–H groups in total. The molecule has 0 rings (SSSR count). The monoisotopic (exact) mass is 366 g/mol. The van der Waals surface area contributed by atoms with E-state index in [0.29, 0.717) is 18.1 Å². The van der Waals surface area contributed by atoms with Gasteiger partial charge in [-0.2, -0.15) is 0 Å². The molecule has 0 radical (unpaired) electrons. The number of aliphatic carboxylic acids is 2. The van der Waals surface area contributed by atoms with Gasteiger partial charge in [0, 0.05) is 0 Å². The average Bonchev–Trinajstić information content (AvgIpc) is 2.48. The molecule has 0 bridgehead atoms. The molecule has 0 spiro atoms. The van der Waals surface area contributed by atoms with Crippen molar-refractivity contribution in [3.63, 3.8) is 0 Å². The van der Waals surface area contributed by atoms with Crippen LogP contribution in [0.5, 0.6) is 0 Å². The molecule has 1 unspecified atom stereocenters. The van der Waals surface area contributed by atoms with Gasteiger partial charge in [-0.25, -0.2) is 0 Å². The molecular weight excluding hydrogens is 340 g/mol. The first kappa shape index (κ1) is 22.0. The van der Waals surface area contributed by atoms with Crippen LogP contribution in [-0.4, -0.2) is 39.5 Å². The average molecular weight is 367 g/mol. The first-order chi connectivity index (χ1) is 11.3. The Morgan fingerprint density at radius 2 is 1.33 bits per heavy atom. The van der Waals surface area contributed by atoms with Gasteiger partial charge in [0.2, 0.25) is 9.04 Å². The molecule has 0 aliphatic heterocycles. The van der Waals surface area contributed by atoms with Crippen molar-refractivity contribution in [1.82, 2.24) is 0 Å². The molecule has 0 aliphatic rings. The lowest BCUT2D eigenvalue weighted by atomic mass is 10.1. The van der Waals surface area contributed by atoms with Crippen molar-refractivity contribution in [2.75, 3.05) is 0 Å². The van der Waals surface area contributed by atoms with Crippen molar-refractivity contribution in [3.8, 4) is 0 Å². The van der Waals surface area contributed by atoms with Crippen molar-refractivity contribution in [1.29, 1.82) is 0 Å². The van der Waals surface area contributed by atoms with Crippen molar-refractivity contribution >= 4 is 29.3 Å². The summed E-state index contributed by atoms with van der Waals surface area (Å²) in [5.74, 6) is -2.91. The molecule has 0 saturated heterocycles. The molecule has 0 aliphatic carbocycles. The van der Waals surface area contributed by atoms with Crippen LogP contribution in [0.2, 0.25) is 29.2 Å². The van der Waals surface area contributed by atoms with Gasteiger partial charge >= 0.3 is 11.9 Å². The van der Waals surface area contributed by atoms with Gasteiger partial charge in [-0.15, -0.1) is 32.9 Å². The molecule has 24 heavy (non-hydrogen) atoms. The maximum absolute atomic E-state index is 11.8. The third kappa shape index (κ3) is 4.76. The lowest BCUT2D eigenvalue weighted by Crippen LogP contribution is -2.52. The zero-order valence-corrected chi connectivity index (χ0v) is 16.1. The van der Waals surface area contributed by atoms with Crippen LogP contribution in [0.25, 0.3) is 0 Å². The highest BCUT2D eigenvalue weighted by atomic mass is 28.4.